The molecule has 2 aliphatic rings. The Kier molecular flexibility index (Phi) is 3.35. The zero-order chi connectivity index (χ0) is 12.5. The zero-order valence-electron chi connectivity index (χ0n) is 11.3. The number of aromatic nitrogens is 3. The van der Waals surface area contributed by atoms with Gasteiger partial charge >= 0.3 is 0 Å². The van der Waals surface area contributed by atoms with Crippen LogP contribution in [0.5, 0.6) is 0 Å². The number of hydrogen-bond donors (Lipinski definition) is 1. The molecule has 5 heteroatoms. The number of hydrogen-bond acceptors (Lipinski definition) is 4. The van der Waals surface area contributed by atoms with Gasteiger partial charge in [-0.15, -0.1) is 5.10 Å². The summed E-state index contributed by atoms with van der Waals surface area (Å²) in [5.74, 6) is 0.843. The number of nitrogens with one attached hydrogen (secondary N) is 1. The maximum absolute atomic E-state index is 4.09. The van der Waals surface area contributed by atoms with Crippen LogP contribution < -0.4 is 5.32 Å². The fourth-order valence-corrected chi connectivity index (χ4v) is 3.57. The van der Waals surface area contributed by atoms with E-state index in [1.54, 1.807) is 4.68 Å². The molecule has 0 aromatic carbocycles. The molecule has 0 saturated carbocycles. The molecule has 0 spiro atoms. The van der Waals surface area contributed by atoms with Gasteiger partial charge < -0.3 is 10.2 Å². The summed E-state index contributed by atoms with van der Waals surface area (Å²) in [6.07, 6.45) is 7.51. The average Bonchev–Trinajstić information content (AvgIpc) is 2.82. The van der Waals surface area contributed by atoms with Crippen molar-refractivity contribution in [3.63, 3.8) is 0 Å². The van der Waals surface area contributed by atoms with Crippen molar-refractivity contribution in [3.8, 4) is 0 Å². The Morgan fingerprint density at radius 1 is 1.28 bits per heavy atom. The molecule has 18 heavy (non-hydrogen) atoms. The molecule has 2 fully saturated rings. The largest absolute Gasteiger partial charge is 0.311 e. The maximum atomic E-state index is 4.09. The molecule has 2 aliphatic heterocycles. The summed E-state index contributed by atoms with van der Waals surface area (Å²) in [4.78, 5) is 2.60. The topological polar surface area (TPSA) is 46.0 Å². The van der Waals surface area contributed by atoms with Gasteiger partial charge in [0.15, 0.2) is 0 Å². The lowest BCUT2D eigenvalue weighted by Crippen LogP contribution is -2.42. The monoisotopic (exact) mass is 249 g/mol. The van der Waals surface area contributed by atoms with Crippen LogP contribution in [0.2, 0.25) is 0 Å². The van der Waals surface area contributed by atoms with Crippen LogP contribution in [-0.4, -0.2) is 45.6 Å². The van der Waals surface area contributed by atoms with E-state index in [4.69, 9.17) is 0 Å². The number of nitrogens with zero attached hydrogens (tertiary/aromatic N) is 4. The van der Waals surface area contributed by atoms with Crippen molar-refractivity contribution in [2.24, 2.45) is 13.0 Å². The van der Waals surface area contributed by atoms with Gasteiger partial charge in [-0.1, -0.05) is 5.21 Å². The summed E-state index contributed by atoms with van der Waals surface area (Å²) >= 11 is 0. The number of rotatable bonds is 4. The van der Waals surface area contributed by atoms with Crippen molar-refractivity contribution in [3.05, 3.63) is 11.9 Å². The molecule has 1 aromatic rings. The van der Waals surface area contributed by atoms with Gasteiger partial charge in [-0.2, -0.15) is 0 Å². The van der Waals surface area contributed by atoms with E-state index in [1.807, 2.05) is 13.2 Å². The zero-order valence-corrected chi connectivity index (χ0v) is 11.3. The Hall–Kier alpha value is -0.940. The van der Waals surface area contributed by atoms with Crippen LogP contribution in [0.1, 0.15) is 31.4 Å². The number of aryl methyl sites for hydroxylation is 1. The average molecular weight is 249 g/mol. The fourth-order valence-electron chi connectivity index (χ4n) is 3.57. The van der Waals surface area contributed by atoms with Gasteiger partial charge in [-0.05, 0) is 45.2 Å². The molecule has 1 N–H and O–H groups in total. The summed E-state index contributed by atoms with van der Waals surface area (Å²) in [6, 6.07) is 1.68. The van der Waals surface area contributed by atoms with Crippen molar-refractivity contribution in [2.45, 2.75) is 44.3 Å². The minimum atomic E-state index is 0.840. The normalized spacial score (nSPS) is 32.0. The Morgan fingerprint density at radius 3 is 2.61 bits per heavy atom. The van der Waals surface area contributed by atoms with E-state index in [2.05, 4.69) is 27.6 Å². The molecule has 2 atom stereocenters. The predicted molar refractivity (Wildman–Crippen MR) is 70.0 cm³/mol. The third kappa shape index (κ3) is 2.42. The summed E-state index contributed by atoms with van der Waals surface area (Å²) in [5.41, 5.74) is 1.04. The van der Waals surface area contributed by atoms with Crippen molar-refractivity contribution < 1.29 is 0 Å². The highest BCUT2D eigenvalue weighted by Gasteiger charge is 2.37. The molecular weight excluding hydrogens is 226 g/mol. The maximum Gasteiger partial charge on any atom is 0.0964 e. The fraction of sp³-hybridized carbons (Fsp3) is 0.846. The SMILES string of the molecule is CN1C2CCC1CC(CNCc1cn(C)nn1)C2. The van der Waals surface area contributed by atoms with Crippen LogP contribution >= 0.6 is 0 Å². The second-order valence-corrected chi connectivity index (χ2v) is 5.90. The van der Waals surface area contributed by atoms with Crippen LogP contribution in [0, 0.1) is 5.92 Å². The molecular formula is C13H23N5. The lowest BCUT2D eigenvalue weighted by Gasteiger charge is -2.36. The van der Waals surface area contributed by atoms with Crippen molar-refractivity contribution in [1.29, 1.82) is 0 Å². The van der Waals surface area contributed by atoms with Gasteiger partial charge in [0.2, 0.25) is 0 Å². The van der Waals surface area contributed by atoms with Crippen LogP contribution in [0.15, 0.2) is 6.20 Å². The first kappa shape index (κ1) is 12.1. The molecule has 2 unspecified atom stereocenters. The third-order valence-corrected chi connectivity index (χ3v) is 4.59. The van der Waals surface area contributed by atoms with Gasteiger partial charge in [0, 0.05) is 31.9 Å². The van der Waals surface area contributed by atoms with Crippen molar-refractivity contribution in [2.75, 3.05) is 13.6 Å². The highest BCUT2D eigenvalue weighted by Crippen LogP contribution is 2.36. The van der Waals surface area contributed by atoms with Crippen LogP contribution in [0.25, 0.3) is 0 Å². The molecule has 0 aliphatic carbocycles. The van der Waals surface area contributed by atoms with E-state index in [0.717, 1.165) is 36.8 Å². The summed E-state index contributed by atoms with van der Waals surface area (Å²) < 4.78 is 1.76. The highest BCUT2D eigenvalue weighted by molar-refractivity contribution is 4.95. The Labute approximate surface area is 109 Å². The number of piperidine rings is 1. The van der Waals surface area contributed by atoms with E-state index in [0.29, 0.717) is 0 Å². The van der Waals surface area contributed by atoms with Gasteiger partial charge in [-0.25, -0.2) is 0 Å². The summed E-state index contributed by atoms with van der Waals surface area (Å²) in [6.45, 7) is 1.97. The Morgan fingerprint density at radius 2 is 2.00 bits per heavy atom. The molecule has 0 radical (unpaired) electrons. The molecule has 3 rings (SSSR count). The Bertz CT molecular complexity index is 388. The lowest BCUT2D eigenvalue weighted by atomic mass is 9.91. The van der Waals surface area contributed by atoms with E-state index in [9.17, 15) is 0 Å². The van der Waals surface area contributed by atoms with Crippen LogP contribution in [-0.2, 0) is 13.6 Å². The van der Waals surface area contributed by atoms with Gasteiger partial charge in [0.1, 0.15) is 0 Å². The van der Waals surface area contributed by atoms with Crippen LogP contribution in [0.3, 0.4) is 0 Å². The molecule has 0 amide bonds. The Balaban J connectivity index is 1.44. The van der Waals surface area contributed by atoms with Crippen molar-refractivity contribution in [1.82, 2.24) is 25.2 Å². The summed E-state index contributed by atoms with van der Waals surface area (Å²) in [5, 5.41) is 11.6. The van der Waals surface area contributed by atoms with E-state index in [-0.39, 0.29) is 0 Å². The standard InChI is InChI=1S/C13H23N5/c1-17-9-11(15-16-17)8-14-7-10-5-12-3-4-13(6-10)18(12)2/h9-10,12-14H,3-8H2,1-2H3. The van der Waals surface area contributed by atoms with Gasteiger partial charge in [0.25, 0.3) is 0 Å². The van der Waals surface area contributed by atoms with E-state index >= 15 is 0 Å². The second kappa shape index (κ2) is 4.97. The highest BCUT2D eigenvalue weighted by atomic mass is 15.4. The van der Waals surface area contributed by atoms with Crippen LogP contribution in [0.4, 0.5) is 0 Å². The summed E-state index contributed by atoms with van der Waals surface area (Å²) in [7, 11) is 4.21. The van der Waals surface area contributed by atoms with E-state index < -0.39 is 0 Å². The number of fused-ring (bicyclic) bond motifs is 2. The van der Waals surface area contributed by atoms with Gasteiger partial charge in [-0.3, -0.25) is 4.68 Å². The molecule has 2 saturated heterocycles. The molecule has 5 nitrogen and oxygen atoms in total. The first-order chi connectivity index (χ1) is 8.72. The third-order valence-electron chi connectivity index (χ3n) is 4.59. The van der Waals surface area contributed by atoms with Gasteiger partial charge in [0.05, 0.1) is 5.69 Å². The predicted octanol–water partition coefficient (Wildman–Crippen LogP) is 0.777. The molecule has 2 bridgehead atoms. The van der Waals surface area contributed by atoms with E-state index in [1.165, 1.54) is 25.7 Å². The molecule has 100 valence electrons. The quantitative estimate of drug-likeness (QED) is 0.856. The first-order valence-corrected chi connectivity index (χ1v) is 7.00. The first-order valence-electron chi connectivity index (χ1n) is 7.00. The molecule has 1 aromatic heterocycles. The lowest BCUT2D eigenvalue weighted by molar-refractivity contribution is 0.133. The smallest absolute Gasteiger partial charge is 0.0964 e. The van der Waals surface area contributed by atoms with Crippen molar-refractivity contribution >= 4 is 0 Å². The minimum absolute atomic E-state index is 0.840. The molecule has 3 heterocycles. The second-order valence-electron chi connectivity index (χ2n) is 5.90. The minimum Gasteiger partial charge on any atom is -0.311 e.